The first-order valence-corrected chi connectivity index (χ1v) is 13.7. The molecular weight excluding hydrogens is 488 g/mol. The number of hydrogen-bond donors (Lipinski definition) is 0. The fourth-order valence-electron chi connectivity index (χ4n) is 3.86. The van der Waals surface area contributed by atoms with Gasteiger partial charge in [0.2, 0.25) is 0 Å². The van der Waals surface area contributed by atoms with E-state index in [-0.39, 0.29) is 10.8 Å². The van der Waals surface area contributed by atoms with Crippen LogP contribution in [0.15, 0.2) is 54.6 Å². The van der Waals surface area contributed by atoms with Crippen LogP contribution in [0.2, 0.25) is 0 Å². The summed E-state index contributed by atoms with van der Waals surface area (Å²) in [6.07, 6.45) is 1.03. The fourth-order valence-corrected chi connectivity index (χ4v) is 3.86. The summed E-state index contributed by atoms with van der Waals surface area (Å²) in [6, 6.07) is 23.6. The molecule has 0 heterocycles. The predicted octanol–water partition coefficient (Wildman–Crippen LogP) is 9.10. The van der Waals surface area contributed by atoms with Crippen LogP contribution in [0.4, 0.5) is 0 Å². The van der Waals surface area contributed by atoms with E-state index >= 15 is 0 Å². The van der Waals surface area contributed by atoms with Crippen molar-refractivity contribution >= 4 is 3.21 Å². The molecule has 0 saturated carbocycles. The fraction of sp³-hybridized carbons (Fsp3) is 0.455. The molecule has 0 aromatic heterocycles. The summed E-state index contributed by atoms with van der Waals surface area (Å²) in [7, 11) is 0. The van der Waals surface area contributed by atoms with Gasteiger partial charge >= 0.3 is 41.3 Å². The maximum atomic E-state index is 3.53. The zero-order chi connectivity index (χ0) is 25.9. The third kappa shape index (κ3) is 8.05. The number of benzene rings is 2. The summed E-state index contributed by atoms with van der Waals surface area (Å²) in [4.78, 5) is 0. The molecule has 0 amide bonds. The monoisotopic (exact) mass is 530 g/mol. The van der Waals surface area contributed by atoms with Gasteiger partial charge in [0, 0.05) is 0 Å². The van der Waals surface area contributed by atoms with E-state index in [2.05, 4.69) is 137 Å². The van der Waals surface area contributed by atoms with Crippen molar-refractivity contribution in [1.82, 2.24) is 0 Å². The minimum absolute atomic E-state index is 0.177. The van der Waals surface area contributed by atoms with Crippen molar-refractivity contribution < 1.29 is 24.2 Å². The van der Waals surface area contributed by atoms with Crippen LogP contribution in [0.25, 0.3) is 11.1 Å². The van der Waals surface area contributed by atoms with E-state index in [9.17, 15) is 0 Å². The first kappa shape index (κ1) is 28.8. The Morgan fingerprint density at radius 3 is 1.74 bits per heavy atom. The molecule has 0 N–H and O–H groups in total. The number of rotatable bonds is 0. The molecule has 4 rings (SSSR count). The van der Waals surface area contributed by atoms with E-state index in [0.29, 0.717) is 5.41 Å². The average Bonchev–Trinajstić information content (AvgIpc) is 3.33. The predicted molar refractivity (Wildman–Crippen MR) is 148 cm³/mol. The van der Waals surface area contributed by atoms with E-state index in [1.54, 1.807) is 24.2 Å². The first-order valence-electron chi connectivity index (χ1n) is 12.4. The molecule has 0 saturated heterocycles. The zero-order valence-electron chi connectivity index (χ0n) is 23.4. The van der Waals surface area contributed by atoms with E-state index in [4.69, 9.17) is 0 Å². The van der Waals surface area contributed by atoms with Gasteiger partial charge in [-0.2, -0.15) is 53.1 Å². The van der Waals surface area contributed by atoms with Crippen LogP contribution in [-0.2, 0) is 46.9 Å². The molecule has 1 aliphatic carbocycles. The molecule has 0 spiro atoms. The summed E-state index contributed by atoms with van der Waals surface area (Å²) >= 11 is 1.55. The molecule has 0 radical (unpaired) electrons. The van der Waals surface area contributed by atoms with Crippen LogP contribution in [0.5, 0.6) is 0 Å². The molecule has 3 aromatic carbocycles. The zero-order valence-corrected chi connectivity index (χ0v) is 25.9. The molecule has 3 aromatic rings. The van der Waals surface area contributed by atoms with Crippen LogP contribution in [0.3, 0.4) is 0 Å². The molecular formula is C33H44Zr. The van der Waals surface area contributed by atoms with Gasteiger partial charge in [-0.05, 0) is 17.4 Å². The van der Waals surface area contributed by atoms with Crippen molar-refractivity contribution in [3.63, 3.8) is 0 Å². The van der Waals surface area contributed by atoms with Crippen molar-refractivity contribution in [2.45, 2.75) is 98.8 Å². The third-order valence-corrected chi connectivity index (χ3v) is 6.05. The molecule has 0 aliphatic heterocycles. The molecule has 34 heavy (non-hydrogen) atoms. The number of fused-ring (bicyclic) bond motifs is 3. The van der Waals surface area contributed by atoms with Gasteiger partial charge in [-0.25, -0.2) is 6.07 Å². The second-order valence-corrected chi connectivity index (χ2v) is 15.2. The summed E-state index contributed by atoms with van der Waals surface area (Å²) in [6.45, 7) is 24.6. The van der Waals surface area contributed by atoms with Gasteiger partial charge < -0.3 is 0 Å². The van der Waals surface area contributed by atoms with E-state index in [0.717, 1.165) is 6.42 Å². The summed E-state index contributed by atoms with van der Waals surface area (Å²) in [5, 5.41) is 0. The van der Waals surface area contributed by atoms with Crippen molar-refractivity contribution in [1.29, 1.82) is 0 Å². The molecule has 0 fully saturated rings. The third-order valence-electron chi connectivity index (χ3n) is 6.05. The Labute approximate surface area is 224 Å². The van der Waals surface area contributed by atoms with Gasteiger partial charge in [0.25, 0.3) is 0 Å². The van der Waals surface area contributed by atoms with Crippen LogP contribution >= 0.6 is 0 Å². The SMILES string of the molecule is CC(C)(C)c1c[c-]c2c(c1)-c1cc(C(C)(C)C)ccc1C2.CC(C)(C)c1cc[cH-]c1.C[C](C)=[Zr+2]. The maximum absolute atomic E-state index is 3.53. The Morgan fingerprint density at radius 1 is 0.765 bits per heavy atom. The van der Waals surface area contributed by atoms with Gasteiger partial charge in [0.05, 0.1) is 0 Å². The summed E-state index contributed by atoms with van der Waals surface area (Å²) in [5.74, 6) is 0. The molecule has 0 bridgehead atoms. The van der Waals surface area contributed by atoms with E-state index in [1.165, 1.54) is 42.2 Å². The average molecular weight is 532 g/mol. The van der Waals surface area contributed by atoms with Crippen LogP contribution in [0.1, 0.15) is 104 Å². The summed E-state index contributed by atoms with van der Waals surface area (Å²) < 4.78 is 1.51. The Balaban J connectivity index is 0.000000260. The van der Waals surface area contributed by atoms with Crippen molar-refractivity contribution in [2.24, 2.45) is 0 Å². The Hall–Kier alpha value is -1.46. The molecule has 0 atom stereocenters. The molecule has 1 heteroatoms. The van der Waals surface area contributed by atoms with Gasteiger partial charge in [-0.3, -0.25) is 0 Å². The van der Waals surface area contributed by atoms with Gasteiger partial charge in [-0.15, -0.1) is 5.56 Å². The quantitative estimate of drug-likeness (QED) is 0.198. The van der Waals surface area contributed by atoms with E-state index < -0.39 is 0 Å². The van der Waals surface area contributed by atoms with E-state index in [1.807, 2.05) is 0 Å². The van der Waals surface area contributed by atoms with Gasteiger partial charge in [0.15, 0.2) is 0 Å². The van der Waals surface area contributed by atoms with Crippen LogP contribution < -0.4 is 0 Å². The Kier molecular flexibility index (Phi) is 9.38. The molecule has 1 aliphatic rings. The second-order valence-electron chi connectivity index (χ2n) is 12.8. The van der Waals surface area contributed by atoms with Crippen molar-refractivity contribution in [3.8, 4) is 11.1 Å². The van der Waals surface area contributed by atoms with Gasteiger partial charge in [0.1, 0.15) is 0 Å². The van der Waals surface area contributed by atoms with Gasteiger partial charge in [-0.1, -0.05) is 102 Å². The first-order chi connectivity index (χ1) is 15.5. The van der Waals surface area contributed by atoms with Crippen LogP contribution in [0, 0.1) is 6.07 Å². The Bertz CT molecular complexity index is 1030. The van der Waals surface area contributed by atoms with Crippen LogP contribution in [-0.4, -0.2) is 3.21 Å². The van der Waals surface area contributed by atoms with Crippen molar-refractivity contribution in [2.75, 3.05) is 0 Å². The molecule has 0 nitrogen and oxygen atoms in total. The standard InChI is InChI=1S/C21H25.C9H13.C3H6.Zr/c1-20(2,3)16-9-7-14-11-15-8-10-17(21(4,5)6)13-19(15)18(14)12-16;1-9(2,3)8-6-4-5-7-8;1-3-2;/h7,9-10,12-13H,11H2,1-6H3;4-7H,1-3H3;1-2H3;/q2*-1;;+2. The van der Waals surface area contributed by atoms with Crippen molar-refractivity contribution in [3.05, 3.63) is 88.5 Å². The normalized spacial score (nSPS) is 12.6. The number of hydrogen-bond acceptors (Lipinski definition) is 0. The summed E-state index contributed by atoms with van der Waals surface area (Å²) in [5.41, 5.74) is 10.5. The Morgan fingerprint density at radius 2 is 1.29 bits per heavy atom. The molecule has 180 valence electrons. The molecule has 0 unspecified atom stereocenters. The minimum atomic E-state index is 0.177. The second kappa shape index (κ2) is 11.1. The topological polar surface area (TPSA) is 0 Å².